The molecule has 33 heavy (non-hydrogen) atoms. The molecule has 1 saturated heterocycles. The summed E-state index contributed by atoms with van der Waals surface area (Å²) in [6.45, 7) is 0. The molecule has 0 aliphatic carbocycles. The number of aryl methyl sites for hydroxylation is 1. The summed E-state index contributed by atoms with van der Waals surface area (Å²) < 4.78 is 6.38. The van der Waals surface area contributed by atoms with E-state index in [0.29, 0.717) is 16.5 Å². The number of amides is 4. The van der Waals surface area contributed by atoms with Gasteiger partial charge in [0.2, 0.25) is 5.16 Å². The van der Waals surface area contributed by atoms with Crippen LogP contribution in [0.4, 0.5) is 4.79 Å². The maximum absolute atomic E-state index is 12.8. The van der Waals surface area contributed by atoms with Crippen molar-refractivity contribution in [2.45, 2.75) is 22.6 Å². The van der Waals surface area contributed by atoms with E-state index in [1.54, 1.807) is 7.05 Å². The molecule has 0 saturated carbocycles. The highest BCUT2D eigenvalue weighted by Crippen LogP contribution is 2.41. The zero-order valence-electron chi connectivity index (χ0n) is 16.9. The van der Waals surface area contributed by atoms with Crippen LogP contribution in [-0.2, 0) is 21.4 Å². The molecule has 5 N–H and O–H groups in total. The Hall–Kier alpha value is -3.60. The Labute approximate surface area is 193 Å². The van der Waals surface area contributed by atoms with Crippen LogP contribution in [0.25, 0.3) is 0 Å². The van der Waals surface area contributed by atoms with Gasteiger partial charge in [0.15, 0.2) is 11.8 Å². The topological polar surface area (TPSA) is 211 Å². The molecule has 0 spiro atoms. The predicted molar refractivity (Wildman–Crippen MR) is 111 cm³/mol. The predicted octanol–water partition coefficient (Wildman–Crippen LogP) is -1.56. The van der Waals surface area contributed by atoms with Crippen molar-refractivity contribution < 1.29 is 28.8 Å². The Morgan fingerprint density at radius 3 is 2.85 bits per heavy atom. The van der Waals surface area contributed by atoms with E-state index in [0.717, 1.165) is 4.90 Å². The number of fused-ring (bicyclic) bond motifs is 1. The van der Waals surface area contributed by atoms with Gasteiger partial charge in [-0.25, -0.2) is 14.3 Å². The van der Waals surface area contributed by atoms with Gasteiger partial charge in [-0.3, -0.25) is 14.5 Å². The molecule has 15 nitrogen and oxygen atoms in total. The van der Waals surface area contributed by atoms with Crippen molar-refractivity contribution in [3.63, 3.8) is 0 Å². The Morgan fingerprint density at radius 1 is 1.45 bits per heavy atom. The summed E-state index contributed by atoms with van der Waals surface area (Å²) >= 11 is 2.56. The van der Waals surface area contributed by atoms with Gasteiger partial charge in [0.05, 0.1) is 6.20 Å². The third kappa shape index (κ3) is 4.36. The van der Waals surface area contributed by atoms with Gasteiger partial charge in [0.1, 0.15) is 17.1 Å². The maximum Gasteiger partial charge on any atom is 0.352 e. The second-order valence-corrected chi connectivity index (χ2v) is 8.93. The summed E-state index contributed by atoms with van der Waals surface area (Å²) in [7, 11) is 1.66. The average molecular weight is 496 g/mol. The second-order valence-electron chi connectivity index (χ2n) is 6.88. The molecule has 17 heteroatoms. The molecule has 1 fully saturated rings. The molecule has 3 atom stereocenters. The number of nitrogens with two attached hydrogens (primary N) is 1. The van der Waals surface area contributed by atoms with E-state index >= 15 is 0 Å². The van der Waals surface area contributed by atoms with Gasteiger partial charge in [0.25, 0.3) is 11.8 Å². The van der Waals surface area contributed by atoms with Crippen LogP contribution in [0.15, 0.2) is 33.2 Å². The molecule has 174 valence electrons. The fourth-order valence-electron chi connectivity index (χ4n) is 3.31. The van der Waals surface area contributed by atoms with E-state index in [4.69, 9.17) is 10.3 Å². The third-order valence-electron chi connectivity index (χ3n) is 4.80. The van der Waals surface area contributed by atoms with E-state index in [-0.39, 0.29) is 17.2 Å². The lowest BCUT2D eigenvalue weighted by Gasteiger charge is -2.49. The van der Waals surface area contributed by atoms with E-state index in [1.807, 2.05) is 0 Å². The zero-order valence-corrected chi connectivity index (χ0v) is 18.5. The maximum atomic E-state index is 12.8. The van der Waals surface area contributed by atoms with Crippen molar-refractivity contribution in [1.29, 1.82) is 0 Å². The summed E-state index contributed by atoms with van der Waals surface area (Å²) in [6, 6.07) is -1.90. The lowest BCUT2D eigenvalue weighted by atomic mass is 10.0. The fraction of sp³-hybridized carbons (Fsp3) is 0.375. The van der Waals surface area contributed by atoms with Crippen LogP contribution in [0.5, 0.6) is 0 Å². The number of thioether (sulfide) groups is 2. The van der Waals surface area contributed by atoms with Crippen molar-refractivity contribution in [3.05, 3.63) is 29.3 Å². The van der Waals surface area contributed by atoms with Crippen LogP contribution in [0.2, 0.25) is 0 Å². The van der Waals surface area contributed by atoms with Crippen LogP contribution in [-0.4, -0.2) is 82.1 Å². The van der Waals surface area contributed by atoms with Crippen LogP contribution < -0.4 is 16.4 Å². The highest BCUT2D eigenvalue weighted by Gasteiger charge is 2.54. The number of aliphatic carboxylic acids is 1. The first-order valence-corrected chi connectivity index (χ1v) is 11.3. The molecule has 2 aromatic heterocycles. The minimum atomic E-state index is -1.30. The van der Waals surface area contributed by atoms with Gasteiger partial charge < -0.3 is 26.0 Å². The zero-order chi connectivity index (χ0) is 23.7. The van der Waals surface area contributed by atoms with Crippen LogP contribution in [0.3, 0.4) is 0 Å². The number of β-lactam (4-membered cyclic amide) rings is 1. The SMILES string of the molecule is Cn1nnnc1SCC1=C(C(=O)O)N2C(=O)[C@H](NC(=O)C(NC(N)=O)c3ccno3)C2SC1. The summed E-state index contributed by atoms with van der Waals surface area (Å²) in [5, 5.41) is 29.0. The highest BCUT2D eigenvalue weighted by molar-refractivity contribution is 8.01. The van der Waals surface area contributed by atoms with Gasteiger partial charge in [-0.2, -0.15) is 0 Å². The minimum absolute atomic E-state index is 0.0231. The lowest BCUT2D eigenvalue weighted by Crippen LogP contribution is -2.71. The number of nitrogens with zero attached hydrogens (tertiary/aromatic N) is 6. The van der Waals surface area contributed by atoms with Crippen molar-refractivity contribution >= 4 is 47.3 Å². The smallest absolute Gasteiger partial charge is 0.352 e. The quantitative estimate of drug-likeness (QED) is 0.242. The number of aromatic nitrogens is 5. The van der Waals surface area contributed by atoms with Crippen molar-refractivity contribution in [2.24, 2.45) is 12.8 Å². The molecule has 2 aliphatic rings. The van der Waals surface area contributed by atoms with Crippen LogP contribution >= 0.6 is 23.5 Å². The number of primary amides is 1. The Morgan fingerprint density at radius 2 is 2.24 bits per heavy atom. The van der Waals surface area contributed by atoms with Gasteiger partial charge in [0, 0.05) is 24.6 Å². The summed E-state index contributed by atoms with van der Waals surface area (Å²) in [5.74, 6) is -1.97. The molecular formula is C16H17N9O6S2. The van der Waals surface area contributed by atoms with Crippen LogP contribution in [0.1, 0.15) is 11.8 Å². The van der Waals surface area contributed by atoms with Gasteiger partial charge in [-0.15, -0.1) is 16.9 Å². The number of rotatable bonds is 8. The normalized spacial score (nSPS) is 20.6. The Balaban J connectivity index is 1.48. The first kappa shape index (κ1) is 22.6. The number of urea groups is 1. The van der Waals surface area contributed by atoms with E-state index < -0.39 is 41.3 Å². The minimum Gasteiger partial charge on any atom is -0.477 e. The lowest BCUT2D eigenvalue weighted by molar-refractivity contribution is -0.151. The molecule has 2 unspecified atom stereocenters. The fourth-order valence-corrected chi connectivity index (χ4v) is 5.64. The number of carbonyl (C=O) groups excluding carboxylic acids is 3. The number of nitrogens with one attached hydrogen (secondary N) is 2. The van der Waals surface area contributed by atoms with Crippen molar-refractivity contribution in [2.75, 3.05) is 11.5 Å². The molecule has 0 bridgehead atoms. The van der Waals surface area contributed by atoms with Crippen LogP contribution in [0, 0.1) is 0 Å². The number of carboxylic acid groups (broad SMARTS) is 1. The van der Waals surface area contributed by atoms with Gasteiger partial charge >= 0.3 is 12.0 Å². The standard InChI is InChI=1S/C16H17N9O6S2/c1-24-16(21-22-23-24)33-5-6-4-32-13-9(12(27)25(13)10(6)14(28)29)19-11(26)8(20-15(17)30)7-2-3-18-31-7/h2-3,8-9,13H,4-5H2,1H3,(H,19,26)(H,28,29)(H3,17,20,30)/t8?,9-,13?/m0/s1. The largest absolute Gasteiger partial charge is 0.477 e. The highest BCUT2D eigenvalue weighted by atomic mass is 32.2. The first-order valence-electron chi connectivity index (χ1n) is 9.30. The number of carbonyl (C=O) groups is 4. The van der Waals surface area contributed by atoms with E-state index in [2.05, 4.69) is 31.3 Å². The van der Waals surface area contributed by atoms with E-state index in [1.165, 1.54) is 40.5 Å². The van der Waals surface area contributed by atoms with Crippen molar-refractivity contribution in [3.8, 4) is 0 Å². The number of hydrogen-bond donors (Lipinski definition) is 4. The van der Waals surface area contributed by atoms with Gasteiger partial charge in [-0.1, -0.05) is 16.9 Å². The molecule has 0 aromatic carbocycles. The monoisotopic (exact) mass is 495 g/mol. The molecular weight excluding hydrogens is 478 g/mol. The van der Waals surface area contributed by atoms with Crippen molar-refractivity contribution in [1.82, 2.24) is 40.9 Å². The second kappa shape index (κ2) is 9.10. The van der Waals surface area contributed by atoms with Gasteiger partial charge in [-0.05, 0) is 16.0 Å². The Bertz CT molecular complexity index is 1130. The molecule has 2 aromatic rings. The summed E-state index contributed by atoms with van der Waals surface area (Å²) in [5.41, 5.74) is 5.54. The molecule has 2 aliphatic heterocycles. The molecule has 0 radical (unpaired) electrons. The summed E-state index contributed by atoms with van der Waals surface area (Å²) in [4.78, 5) is 50.0. The van der Waals surface area contributed by atoms with E-state index in [9.17, 15) is 24.3 Å². The number of tetrazole rings is 1. The molecule has 4 amide bonds. The molecule has 4 rings (SSSR count). The third-order valence-corrected chi connectivity index (χ3v) is 7.23. The number of hydrogen-bond acceptors (Lipinski definition) is 11. The molecule has 4 heterocycles. The Kier molecular flexibility index (Phi) is 6.23. The summed E-state index contributed by atoms with van der Waals surface area (Å²) in [6.07, 6.45) is 1.28. The average Bonchev–Trinajstić information content (AvgIpc) is 3.45. The first-order chi connectivity index (χ1) is 15.8. The number of carboxylic acids is 1.